The summed E-state index contributed by atoms with van der Waals surface area (Å²) in [6.45, 7) is 4.47. The van der Waals surface area contributed by atoms with Crippen LogP contribution in [0.25, 0.3) is 33.4 Å². The van der Waals surface area contributed by atoms with Gasteiger partial charge in [0.1, 0.15) is 11.2 Å². The molecule has 4 heterocycles. The SMILES string of the molecule is COc1nc(-c2cccc(-c3cccc(Nc4nc(C(F)F)nc5cc(CN6CCC(O)CC6)cnc45)c3C)c2Cl)cnc1CN(C)C1CCC(C(=O)O)CC1. The number of aromatic nitrogens is 5. The van der Waals surface area contributed by atoms with Crippen molar-refractivity contribution in [3.8, 4) is 28.3 Å². The molecule has 0 atom stereocenters. The van der Waals surface area contributed by atoms with Crippen LogP contribution in [0.15, 0.2) is 54.9 Å². The highest BCUT2D eigenvalue weighted by molar-refractivity contribution is 6.36. The zero-order valence-corrected chi connectivity index (χ0v) is 32.3. The number of piperidine rings is 1. The monoisotopic (exact) mass is 786 g/mol. The summed E-state index contributed by atoms with van der Waals surface area (Å²) in [4.78, 5) is 38.3. The number of benzene rings is 2. The number of nitrogens with zero attached hydrogens (tertiary/aromatic N) is 7. The van der Waals surface area contributed by atoms with E-state index in [0.29, 0.717) is 83.3 Å². The van der Waals surface area contributed by atoms with Crippen LogP contribution in [-0.4, -0.2) is 90.3 Å². The van der Waals surface area contributed by atoms with E-state index < -0.39 is 18.2 Å². The molecule has 3 aromatic heterocycles. The third kappa shape index (κ3) is 8.58. The normalized spacial score (nSPS) is 18.2. The fourth-order valence-electron chi connectivity index (χ4n) is 7.74. The van der Waals surface area contributed by atoms with Crippen molar-refractivity contribution in [2.24, 2.45) is 5.92 Å². The number of alkyl halides is 2. The molecule has 0 spiro atoms. The van der Waals surface area contributed by atoms with Crippen molar-refractivity contribution in [2.75, 3.05) is 32.6 Å². The summed E-state index contributed by atoms with van der Waals surface area (Å²) in [5.41, 5.74) is 6.36. The Bertz CT molecular complexity index is 2210. The predicted molar refractivity (Wildman–Crippen MR) is 210 cm³/mol. The van der Waals surface area contributed by atoms with Crippen LogP contribution in [0, 0.1) is 12.8 Å². The molecule has 1 saturated carbocycles. The van der Waals surface area contributed by atoms with Gasteiger partial charge in [-0.1, -0.05) is 41.9 Å². The fourth-order valence-corrected chi connectivity index (χ4v) is 8.07. The molecule has 5 aromatic rings. The number of pyridine rings is 1. The van der Waals surface area contributed by atoms with Crippen LogP contribution in [0.4, 0.5) is 20.3 Å². The minimum atomic E-state index is -2.89. The van der Waals surface area contributed by atoms with Crippen LogP contribution in [0.3, 0.4) is 0 Å². The maximum atomic E-state index is 14.1. The van der Waals surface area contributed by atoms with E-state index in [0.717, 1.165) is 48.2 Å². The number of carboxylic acid groups (broad SMARTS) is 1. The summed E-state index contributed by atoms with van der Waals surface area (Å²) >= 11 is 7.13. The summed E-state index contributed by atoms with van der Waals surface area (Å²) in [5, 5.41) is 23.0. The molecule has 15 heteroatoms. The molecular formula is C41H45ClF2N8O4. The van der Waals surface area contributed by atoms with E-state index in [1.54, 1.807) is 25.6 Å². The van der Waals surface area contributed by atoms with Crippen molar-refractivity contribution in [1.29, 1.82) is 0 Å². The highest BCUT2D eigenvalue weighted by Gasteiger charge is 2.29. The Hall–Kier alpha value is -4.89. The molecular weight excluding hydrogens is 742 g/mol. The molecule has 2 aliphatic rings. The maximum absolute atomic E-state index is 14.1. The second-order valence-corrected chi connectivity index (χ2v) is 15.1. The second-order valence-electron chi connectivity index (χ2n) is 14.7. The summed E-state index contributed by atoms with van der Waals surface area (Å²) in [7, 11) is 3.56. The zero-order chi connectivity index (χ0) is 39.5. The molecule has 3 N–H and O–H groups in total. The number of halogens is 3. The highest BCUT2D eigenvalue weighted by Crippen LogP contribution is 2.40. The Kier molecular flexibility index (Phi) is 12.0. The third-order valence-electron chi connectivity index (χ3n) is 11.0. The molecule has 0 bridgehead atoms. The van der Waals surface area contributed by atoms with Crippen molar-refractivity contribution in [1.82, 2.24) is 34.7 Å². The van der Waals surface area contributed by atoms with E-state index >= 15 is 0 Å². The molecule has 7 rings (SSSR count). The van der Waals surface area contributed by atoms with Crippen LogP contribution < -0.4 is 10.1 Å². The van der Waals surface area contributed by atoms with Crippen LogP contribution in [0.5, 0.6) is 5.88 Å². The van der Waals surface area contributed by atoms with Gasteiger partial charge in [0, 0.05) is 55.2 Å². The molecule has 56 heavy (non-hydrogen) atoms. The van der Waals surface area contributed by atoms with Crippen LogP contribution in [0.2, 0.25) is 5.02 Å². The first-order valence-electron chi connectivity index (χ1n) is 18.8. The molecule has 1 aliphatic carbocycles. The molecule has 1 aliphatic heterocycles. The molecule has 294 valence electrons. The highest BCUT2D eigenvalue weighted by atomic mass is 35.5. The van der Waals surface area contributed by atoms with Gasteiger partial charge in [0.15, 0.2) is 11.6 Å². The summed E-state index contributed by atoms with van der Waals surface area (Å²) in [6, 6.07) is 13.3. The smallest absolute Gasteiger partial charge is 0.306 e. The van der Waals surface area contributed by atoms with Gasteiger partial charge in [-0.2, -0.15) is 0 Å². The number of hydrogen-bond donors (Lipinski definition) is 3. The number of aliphatic carboxylic acids is 1. The first-order valence-corrected chi connectivity index (χ1v) is 19.2. The Morgan fingerprint density at radius 1 is 1.00 bits per heavy atom. The van der Waals surface area contributed by atoms with Gasteiger partial charge in [-0.3, -0.25) is 24.6 Å². The van der Waals surface area contributed by atoms with Crippen molar-refractivity contribution in [3.63, 3.8) is 0 Å². The van der Waals surface area contributed by atoms with E-state index in [4.69, 9.17) is 26.3 Å². The first-order chi connectivity index (χ1) is 27.0. The van der Waals surface area contributed by atoms with Gasteiger partial charge in [-0.05, 0) is 81.3 Å². The summed E-state index contributed by atoms with van der Waals surface area (Å²) in [5.74, 6) is -1.06. The number of methoxy groups -OCH3 is 1. The molecule has 0 amide bonds. The number of carboxylic acids is 1. The van der Waals surface area contributed by atoms with E-state index in [2.05, 4.69) is 30.1 Å². The van der Waals surface area contributed by atoms with Crippen molar-refractivity contribution < 1.29 is 28.5 Å². The Morgan fingerprint density at radius 2 is 1.71 bits per heavy atom. The van der Waals surface area contributed by atoms with Crippen LogP contribution >= 0.6 is 11.6 Å². The number of fused-ring (bicyclic) bond motifs is 1. The van der Waals surface area contributed by atoms with E-state index in [-0.39, 0.29) is 23.9 Å². The van der Waals surface area contributed by atoms with Gasteiger partial charge in [0.2, 0.25) is 5.88 Å². The number of ether oxygens (including phenoxy) is 1. The Labute approximate surface area is 329 Å². The lowest BCUT2D eigenvalue weighted by Crippen LogP contribution is -2.36. The first kappa shape index (κ1) is 39.3. The lowest BCUT2D eigenvalue weighted by Gasteiger charge is -2.33. The van der Waals surface area contributed by atoms with Gasteiger partial charge in [-0.15, -0.1) is 0 Å². The van der Waals surface area contributed by atoms with Gasteiger partial charge >= 0.3 is 5.97 Å². The lowest BCUT2D eigenvalue weighted by molar-refractivity contribution is -0.143. The Balaban J connectivity index is 1.13. The third-order valence-corrected chi connectivity index (χ3v) is 11.4. The predicted octanol–water partition coefficient (Wildman–Crippen LogP) is 7.83. The second kappa shape index (κ2) is 17.1. The molecule has 1 saturated heterocycles. The van der Waals surface area contributed by atoms with E-state index in [9.17, 15) is 23.8 Å². The number of aliphatic hydroxyl groups excluding tert-OH is 1. The average molecular weight is 787 g/mol. The Morgan fingerprint density at radius 3 is 2.43 bits per heavy atom. The minimum Gasteiger partial charge on any atom is -0.481 e. The molecule has 2 fully saturated rings. The number of carbonyl (C=O) groups is 1. The van der Waals surface area contributed by atoms with Gasteiger partial charge in [0.05, 0.1) is 41.6 Å². The molecule has 12 nitrogen and oxygen atoms in total. The lowest BCUT2D eigenvalue weighted by atomic mass is 9.85. The number of aliphatic hydroxyl groups is 1. The molecule has 2 aromatic carbocycles. The van der Waals surface area contributed by atoms with Crippen LogP contribution in [0.1, 0.15) is 67.6 Å². The van der Waals surface area contributed by atoms with Gasteiger partial charge in [-0.25, -0.2) is 23.7 Å². The van der Waals surface area contributed by atoms with E-state index in [1.165, 1.54) is 0 Å². The van der Waals surface area contributed by atoms with Crippen molar-refractivity contribution in [2.45, 2.75) is 77.1 Å². The van der Waals surface area contributed by atoms with Crippen LogP contribution in [-0.2, 0) is 17.9 Å². The number of nitrogens with one attached hydrogen (secondary N) is 1. The number of rotatable bonds is 12. The molecule has 0 radical (unpaired) electrons. The number of hydrogen-bond acceptors (Lipinski definition) is 11. The largest absolute Gasteiger partial charge is 0.481 e. The number of likely N-dealkylation sites (tertiary alicyclic amines) is 1. The standard InChI is InChI=1S/C41H45ClF2N8O4/c1-23-28(6-5-9-31(23)47-38-36-32(48-39(50-38)37(43)44)18-24(19-46-36)21-52-16-14-27(53)15-17-52)29-7-4-8-30(35(29)42)33-20-45-34(40(49-33)56-3)22-51(2)26-12-10-25(11-13-26)41(54)55/h4-9,18-20,25-27,37,53H,10-17,21-22H2,1-3H3,(H,54,55)(H,47,48,50). The minimum absolute atomic E-state index is 0.166. The fraction of sp³-hybridized carbons (Fsp3) is 0.415. The van der Waals surface area contributed by atoms with Gasteiger partial charge < -0.3 is 20.3 Å². The average Bonchev–Trinajstić information content (AvgIpc) is 3.19. The van der Waals surface area contributed by atoms with Crippen molar-refractivity contribution in [3.05, 3.63) is 82.5 Å². The quantitative estimate of drug-likeness (QED) is 0.113. The van der Waals surface area contributed by atoms with Gasteiger partial charge in [0.25, 0.3) is 6.43 Å². The topological polar surface area (TPSA) is 150 Å². The van der Waals surface area contributed by atoms with E-state index in [1.807, 2.05) is 50.4 Å². The number of anilines is 2. The van der Waals surface area contributed by atoms with Crippen molar-refractivity contribution >= 4 is 40.1 Å². The summed E-state index contributed by atoms with van der Waals surface area (Å²) in [6.07, 6.45) is 4.51. The summed E-state index contributed by atoms with van der Waals surface area (Å²) < 4.78 is 33.9. The zero-order valence-electron chi connectivity index (χ0n) is 31.6. The molecule has 0 unspecified atom stereocenters. The maximum Gasteiger partial charge on any atom is 0.306 e.